The number of hydrogen-bond acceptors (Lipinski definition) is 3. The summed E-state index contributed by atoms with van der Waals surface area (Å²) in [6.45, 7) is 3.27. The smallest absolute Gasteiger partial charge is 0.283 e. The lowest BCUT2D eigenvalue weighted by Gasteiger charge is -2.13. The second-order valence-corrected chi connectivity index (χ2v) is 5.21. The number of nitrogens with zero attached hydrogens (tertiary/aromatic N) is 3. The predicted molar refractivity (Wildman–Crippen MR) is 78.1 cm³/mol. The van der Waals surface area contributed by atoms with Crippen molar-refractivity contribution in [3.8, 4) is 0 Å². The van der Waals surface area contributed by atoms with E-state index in [1.807, 2.05) is 0 Å². The van der Waals surface area contributed by atoms with Gasteiger partial charge in [0.25, 0.3) is 12.0 Å². The Morgan fingerprint density at radius 2 is 1.87 bits per heavy atom. The number of aromatic amines is 1. The van der Waals surface area contributed by atoms with Gasteiger partial charge in [-0.05, 0) is 31.5 Å². The first kappa shape index (κ1) is 15.3. The fraction of sp³-hybridized carbons (Fsp3) is 0.267. The van der Waals surface area contributed by atoms with Crippen LogP contribution in [0.1, 0.15) is 36.5 Å². The molecule has 23 heavy (non-hydrogen) atoms. The van der Waals surface area contributed by atoms with Crippen molar-refractivity contribution in [3.63, 3.8) is 0 Å². The van der Waals surface area contributed by atoms with Crippen molar-refractivity contribution < 1.29 is 13.2 Å². The van der Waals surface area contributed by atoms with E-state index in [0.29, 0.717) is 11.4 Å². The summed E-state index contributed by atoms with van der Waals surface area (Å²) >= 11 is 0. The summed E-state index contributed by atoms with van der Waals surface area (Å²) in [4.78, 5) is 18.6. The third-order valence-corrected chi connectivity index (χ3v) is 3.63. The van der Waals surface area contributed by atoms with Crippen molar-refractivity contribution in [2.24, 2.45) is 0 Å². The molecule has 3 aromatic rings. The molecule has 0 aliphatic rings. The molecule has 5 nitrogen and oxygen atoms in total. The summed E-state index contributed by atoms with van der Waals surface area (Å²) in [5.74, 6) is -0.0965. The van der Waals surface area contributed by atoms with Gasteiger partial charge in [0.2, 0.25) is 0 Å². The Kier molecular flexibility index (Phi) is 3.67. The molecule has 8 heteroatoms. The van der Waals surface area contributed by atoms with Crippen molar-refractivity contribution in [1.82, 2.24) is 19.7 Å². The van der Waals surface area contributed by atoms with E-state index < -0.39 is 29.5 Å². The molecule has 120 valence electrons. The standard InChI is InChI=1S/C15H13F3N4O/c1-7(9-3-5-10(16)6-4-9)22-14-11(12(21-22)13(17)18)15(23)20-8(2)19-14/h3-7,13H,1-2H3,(H,19,20,23). The number of aryl methyl sites for hydroxylation is 1. The number of nitrogens with one attached hydrogen (secondary N) is 1. The third-order valence-electron chi connectivity index (χ3n) is 3.63. The topological polar surface area (TPSA) is 63.6 Å². The average Bonchev–Trinajstić information content (AvgIpc) is 2.87. The Morgan fingerprint density at radius 1 is 1.22 bits per heavy atom. The molecular formula is C15H13F3N4O. The first-order valence-corrected chi connectivity index (χ1v) is 6.91. The van der Waals surface area contributed by atoms with Gasteiger partial charge in [-0.25, -0.2) is 22.8 Å². The van der Waals surface area contributed by atoms with Crippen molar-refractivity contribution in [2.45, 2.75) is 26.3 Å². The van der Waals surface area contributed by atoms with E-state index in [0.717, 1.165) is 0 Å². The van der Waals surface area contributed by atoms with Crippen molar-refractivity contribution in [2.75, 3.05) is 0 Å². The zero-order valence-electron chi connectivity index (χ0n) is 12.3. The SMILES string of the molecule is Cc1nc2c(c(C(F)F)nn2C(C)c2ccc(F)cc2)c(=O)[nH]1. The number of rotatable bonds is 3. The molecule has 1 unspecified atom stereocenters. The van der Waals surface area contributed by atoms with Gasteiger partial charge in [0.05, 0.1) is 6.04 Å². The monoisotopic (exact) mass is 322 g/mol. The van der Waals surface area contributed by atoms with E-state index >= 15 is 0 Å². The summed E-state index contributed by atoms with van der Waals surface area (Å²) in [6.07, 6.45) is -2.90. The molecule has 0 fully saturated rings. The Morgan fingerprint density at radius 3 is 2.48 bits per heavy atom. The maximum Gasteiger partial charge on any atom is 0.283 e. The Hall–Kier alpha value is -2.64. The first-order valence-electron chi connectivity index (χ1n) is 6.91. The Balaban J connectivity index is 2.24. The lowest BCUT2D eigenvalue weighted by atomic mass is 10.1. The van der Waals surface area contributed by atoms with Crippen LogP contribution in [0.15, 0.2) is 29.1 Å². The number of aromatic nitrogens is 4. The number of benzene rings is 1. The molecule has 0 amide bonds. The van der Waals surface area contributed by atoms with E-state index in [2.05, 4.69) is 15.1 Å². The number of halogens is 3. The first-order chi connectivity index (χ1) is 10.9. The second kappa shape index (κ2) is 5.53. The molecule has 3 rings (SSSR count). The minimum absolute atomic E-state index is 0.0818. The fourth-order valence-electron chi connectivity index (χ4n) is 2.49. The summed E-state index contributed by atoms with van der Waals surface area (Å²) < 4.78 is 40.7. The van der Waals surface area contributed by atoms with Gasteiger partial charge in [-0.15, -0.1) is 0 Å². The highest BCUT2D eigenvalue weighted by Gasteiger charge is 2.25. The number of fused-ring (bicyclic) bond motifs is 1. The van der Waals surface area contributed by atoms with Crippen LogP contribution in [0.25, 0.3) is 11.0 Å². The molecule has 0 aliphatic carbocycles. The average molecular weight is 322 g/mol. The van der Waals surface area contributed by atoms with Crippen LogP contribution in [0.5, 0.6) is 0 Å². The number of alkyl halides is 2. The molecule has 1 aromatic carbocycles. The van der Waals surface area contributed by atoms with Crippen LogP contribution >= 0.6 is 0 Å². The van der Waals surface area contributed by atoms with Crippen LogP contribution in [-0.4, -0.2) is 19.7 Å². The van der Waals surface area contributed by atoms with Gasteiger partial charge in [0.1, 0.15) is 22.7 Å². The molecule has 1 N–H and O–H groups in total. The van der Waals surface area contributed by atoms with Crippen molar-refractivity contribution >= 4 is 11.0 Å². The van der Waals surface area contributed by atoms with Crippen LogP contribution in [0.3, 0.4) is 0 Å². The van der Waals surface area contributed by atoms with E-state index in [-0.39, 0.29) is 11.0 Å². The molecule has 0 saturated carbocycles. The maximum atomic E-state index is 13.2. The quantitative estimate of drug-likeness (QED) is 0.806. The lowest BCUT2D eigenvalue weighted by molar-refractivity contribution is 0.146. The van der Waals surface area contributed by atoms with E-state index in [1.54, 1.807) is 13.8 Å². The van der Waals surface area contributed by atoms with E-state index in [1.165, 1.54) is 28.9 Å². The van der Waals surface area contributed by atoms with Gasteiger partial charge < -0.3 is 4.98 Å². The zero-order chi connectivity index (χ0) is 16.7. The van der Waals surface area contributed by atoms with Crippen LogP contribution in [0.4, 0.5) is 13.2 Å². The molecule has 0 saturated heterocycles. The lowest BCUT2D eigenvalue weighted by Crippen LogP contribution is -2.13. The fourth-order valence-corrected chi connectivity index (χ4v) is 2.49. The summed E-state index contributed by atoms with van der Waals surface area (Å²) in [7, 11) is 0. The molecule has 0 aliphatic heterocycles. The van der Waals surface area contributed by atoms with Gasteiger partial charge in [0, 0.05) is 0 Å². The van der Waals surface area contributed by atoms with Gasteiger partial charge in [-0.1, -0.05) is 12.1 Å². The maximum absolute atomic E-state index is 13.2. The van der Waals surface area contributed by atoms with Crippen molar-refractivity contribution in [3.05, 3.63) is 57.5 Å². The van der Waals surface area contributed by atoms with Crippen LogP contribution in [-0.2, 0) is 0 Å². The van der Waals surface area contributed by atoms with Crippen molar-refractivity contribution in [1.29, 1.82) is 0 Å². The van der Waals surface area contributed by atoms with E-state index in [9.17, 15) is 18.0 Å². The minimum atomic E-state index is -2.90. The van der Waals surface area contributed by atoms with Crippen LogP contribution < -0.4 is 5.56 Å². The number of hydrogen-bond donors (Lipinski definition) is 1. The molecular weight excluding hydrogens is 309 g/mol. The summed E-state index contributed by atoms with van der Waals surface area (Å²) in [5, 5.41) is 3.66. The normalized spacial score (nSPS) is 13.0. The third kappa shape index (κ3) is 2.60. The Labute approximate surface area is 128 Å². The van der Waals surface area contributed by atoms with Crippen LogP contribution in [0, 0.1) is 12.7 Å². The highest BCUT2D eigenvalue weighted by atomic mass is 19.3. The van der Waals surface area contributed by atoms with Crippen LogP contribution in [0.2, 0.25) is 0 Å². The van der Waals surface area contributed by atoms with E-state index in [4.69, 9.17) is 0 Å². The molecule has 1 atom stereocenters. The van der Waals surface area contributed by atoms with Gasteiger partial charge in [0.15, 0.2) is 5.65 Å². The van der Waals surface area contributed by atoms with Gasteiger partial charge in [-0.3, -0.25) is 4.79 Å². The minimum Gasteiger partial charge on any atom is -0.310 e. The highest BCUT2D eigenvalue weighted by Crippen LogP contribution is 2.28. The molecule has 0 spiro atoms. The zero-order valence-corrected chi connectivity index (χ0v) is 12.3. The van der Waals surface area contributed by atoms with Gasteiger partial charge >= 0.3 is 0 Å². The molecule has 2 aromatic heterocycles. The largest absolute Gasteiger partial charge is 0.310 e. The predicted octanol–water partition coefficient (Wildman–Crippen LogP) is 3.11. The summed E-state index contributed by atoms with van der Waals surface area (Å²) in [5.41, 5.74) is -0.516. The second-order valence-electron chi connectivity index (χ2n) is 5.21. The number of H-pyrrole nitrogens is 1. The molecule has 0 bridgehead atoms. The highest BCUT2D eigenvalue weighted by molar-refractivity contribution is 5.77. The summed E-state index contributed by atoms with van der Waals surface area (Å²) in [6, 6.07) is 5.14. The molecule has 0 radical (unpaired) electrons. The van der Waals surface area contributed by atoms with Gasteiger partial charge in [-0.2, -0.15) is 5.10 Å². The Bertz CT molecular complexity index is 915. The molecule has 2 heterocycles.